The lowest BCUT2D eigenvalue weighted by atomic mass is 10.2. The van der Waals surface area contributed by atoms with Crippen molar-refractivity contribution in [1.82, 2.24) is 4.90 Å². The topological polar surface area (TPSA) is 39.1 Å². The van der Waals surface area contributed by atoms with Gasteiger partial charge in [-0.1, -0.05) is 0 Å². The summed E-state index contributed by atoms with van der Waals surface area (Å²) >= 11 is 3.38. The van der Waals surface area contributed by atoms with Gasteiger partial charge in [0.2, 0.25) is 0 Å². The maximum atomic E-state index is 8.80. The highest BCUT2D eigenvalue weighted by Crippen LogP contribution is 2.21. The van der Waals surface area contributed by atoms with Crippen molar-refractivity contribution in [3.8, 4) is 6.07 Å². The van der Waals surface area contributed by atoms with Gasteiger partial charge >= 0.3 is 0 Å². The van der Waals surface area contributed by atoms with Crippen LogP contribution in [0.4, 0.5) is 5.69 Å². The molecule has 0 amide bonds. The lowest BCUT2D eigenvalue weighted by Crippen LogP contribution is -2.29. The van der Waals surface area contributed by atoms with Gasteiger partial charge in [-0.15, -0.1) is 0 Å². The first-order valence-corrected chi connectivity index (χ1v) is 5.93. The summed E-state index contributed by atoms with van der Waals surface area (Å²) in [6, 6.07) is 8.17. The number of rotatable bonds is 4. The Hall–Kier alpha value is -1.05. The van der Waals surface area contributed by atoms with Crippen LogP contribution in [0.15, 0.2) is 22.7 Å². The lowest BCUT2D eigenvalue weighted by molar-refractivity contribution is 0.392. The average molecular weight is 282 g/mol. The van der Waals surface area contributed by atoms with Crippen molar-refractivity contribution in [3.05, 3.63) is 28.2 Å². The van der Waals surface area contributed by atoms with Gasteiger partial charge in [0.25, 0.3) is 0 Å². The molecule has 0 aromatic heterocycles. The first-order valence-electron chi connectivity index (χ1n) is 5.14. The van der Waals surface area contributed by atoms with Gasteiger partial charge in [-0.05, 0) is 55.1 Å². The summed E-state index contributed by atoms with van der Waals surface area (Å²) in [4.78, 5) is 2.14. The van der Waals surface area contributed by atoms with E-state index in [0.717, 1.165) is 16.7 Å². The van der Waals surface area contributed by atoms with Gasteiger partial charge in [0.1, 0.15) is 6.07 Å². The number of nitriles is 1. The van der Waals surface area contributed by atoms with Crippen molar-refractivity contribution in [3.63, 3.8) is 0 Å². The third-order valence-corrected chi connectivity index (χ3v) is 2.80. The molecular weight excluding hydrogens is 266 g/mol. The Morgan fingerprint density at radius 3 is 2.69 bits per heavy atom. The maximum Gasteiger partial charge on any atom is 0.100 e. The van der Waals surface area contributed by atoms with E-state index in [1.165, 1.54) is 0 Å². The van der Waals surface area contributed by atoms with Crippen LogP contribution in [-0.4, -0.2) is 31.6 Å². The Kier molecular flexibility index (Phi) is 4.78. The molecule has 1 aromatic rings. The molecule has 1 rings (SSSR count). The number of likely N-dealkylation sites (N-methyl/N-ethyl adjacent to an activating group) is 1. The third-order valence-electron chi connectivity index (χ3n) is 2.14. The predicted molar refractivity (Wildman–Crippen MR) is 70.5 cm³/mol. The van der Waals surface area contributed by atoms with Gasteiger partial charge in [-0.2, -0.15) is 5.26 Å². The molecule has 0 aliphatic rings. The van der Waals surface area contributed by atoms with Crippen LogP contribution < -0.4 is 5.32 Å². The van der Waals surface area contributed by atoms with E-state index >= 15 is 0 Å². The highest BCUT2D eigenvalue weighted by atomic mass is 79.9. The predicted octanol–water partition coefficient (Wildman–Crippen LogP) is 2.68. The van der Waals surface area contributed by atoms with Crippen molar-refractivity contribution in [2.45, 2.75) is 13.0 Å². The zero-order valence-electron chi connectivity index (χ0n) is 9.79. The molecule has 0 fully saturated rings. The maximum absolute atomic E-state index is 8.80. The van der Waals surface area contributed by atoms with Crippen LogP contribution in [0.1, 0.15) is 12.5 Å². The Bertz CT molecular complexity index is 396. The second kappa shape index (κ2) is 5.88. The van der Waals surface area contributed by atoms with Crippen LogP contribution in [0.5, 0.6) is 0 Å². The number of halogens is 1. The van der Waals surface area contributed by atoms with Gasteiger partial charge in [-0.25, -0.2) is 0 Å². The van der Waals surface area contributed by atoms with Crippen LogP contribution in [0.25, 0.3) is 0 Å². The highest BCUT2D eigenvalue weighted by Gasteiger charge is 2.05. The molecule has 0 saturated carbocycles. The summed E-state index contributed by atoms with van der Waals surface area (Å²) in [6.07, 6.45) is 0. The SMILES string of the molecule is CC(CN(C)C)Nc1ccc(C#N)c(Br)c1. The molecule has 0 bridgehead atoms. The number of hydrogen-bond acceptors (Lipinski definition) is 3. The summed E-state index contributed by atoms with van der Waals surface area (Å²) < 4.78 is 0.831. The Labute approximate surface area is 105 Å². The monoisotopic (exact) mass is 281 g/mol. The number of benzene rings is 1. The molecule has 0 heterocycles. The second-order valence-electron chi connectivity index (χ2n) is 4.11. The standard InChI is InChI=1S/C12H16BrN3/c1-9(8-16(2)3)15-11-5-4-10(7-14)12(13)6-11/h4-6,9,15H,8H2,1-3H3. The average Bonchev–Trinajstić information content (AvgIpc) is 2.16. The van der Waals surface area contributed by atoms with Crippen LogP contribution in [0.2, 0.25) is 0 Å². The van der Waals surface area contributed by atoms with E-state index in [9.17, 15) is 0 Å². The molecule has 16 heavy (non-hydrogen) atoms. The zero-order valence-corrected chi connectivity index (χ0v) is 11.4. The Balaban J connectivity index is 2.69. The van der Waals surface area contributed by atoms with Gasteiger partial charge in [0, 0.05) is 22.7 Å². The summed E-state index contributed by atoms with van der Waals surface area (Å²) in [5.41, 5.74) is 1.69. The van der Waals surface area contributed by atoms with E-state index in [1.807, 2.05) is 32.3 Å². The quantitative estimate of drug-likeness (QED) is 0.922. The Morgan fingerprint density at radius 1 is 1.50 bits per heavy atom. The van der Waals surface area contributed by atoms with Crippen molar-refractivity contribution in [2.75, 3.05) is 26.0 Å². The first-order chi connectivity index (χ1) is 7.52. The molecule has 86 valence electrons. The largest absolute Gasteiger partial charge is 0.381 e. The van der Waals surface area contributed by atoms with Gasteiger partial charge in [-0.3, -0.25) is 0 Å². The van der Waals surface area contributed by atoms with Crippen LogP contribution in [0.3, 0.4) is 0 Å². The summed E-state index contributed by atoms with van der Waals surface area (Å²) in [5, 5.41) is 12.2. The zero-order chi connectivity index (χ0) is 12.1. The van der Waals surface area contributed by atoms with Crippen molar-refractivity contribution < 1.29 is 0 Å². The number of nitrogens with zero attached hydrogens (tertiary/aromatic N) is 2. The Morgan fingerprint density at radius 2 is 2.19 bits per heavy atom. The minimum atomic E-state index is 0.370. The molecule has 0 radical (unpaired) electrons. The molecule has 1 N–H and O–H groups in total. The number of anilines is 1. The third kappa shape index (κ3) is 3.84. The molecule has 1 unspecified atom stereocenters. The summed E-state index contributed by atoms with van der Waals surface area (Å²) in [7, 11) is 4.10. The minimum absolute atomic E-state index is 0.370. The smallest absolute Gasteiger partial charge is 0.100 e. The molecule has 1 atom stereocenters. The van der Waals surface area contributed by atoms with E-state index in [-0.39, 0.29) is 0 Å². The van der Waals surface area contributed by atoms with Crippen LogP contribution in [0, 0.1) is 11.3 Å². The molecule has 0 saturated heterocycles. The summed E-state index contributed by atoms with van der Waals surface area (Å²) in [6.45, 7) is 3.10. The van der Waals surface area contributed by atoms with E-state index in [0.29, 0.717) is 11.6 Å². The molecular formula is C12H16BrN3. The van der Waals surface area contributed by atoms with E-state index in [1.54, 1.807) is 0 Å². The molecule has 0 aliphatic carbocycles. The minimum Gasteiger partial charge on any atom is -0.381 e. The lowest BCUT2D eigenvalue weighted by Gasteiger charge is -2.19. The van der Waals surface area contributed by atoms with Gasteiger partial charge in [0.15, 0.2) is 0 Å². The number of nitrogens with one attached hydrogen (secondary N) is 1. The molecule has 1 aromatic carbocycles. The summed E-state index contributed by atoms with van der Waals surface area (Å²) in [5.74, 6) is 0. The molecule has 0 spiro atoms. The molecule has 4 heteroatoms. The van der Waals surface area contributed by atoms with Gasteiger partial charge < -0.3 is 10.2 Å². The van der Waals surface area contributed by atoms with Crippen LogP contribution in [-0.2, 0) is 0 Å². The van der Waals surface area contributed by atoms with E-state index in [2.05, 4.69) is 39.1 Å². The fourth-order valence-electron chi connectivity index (χ4n) is 1.57. The van der Waals surface area contributed by atoms with Crippen molar-refractivity contribution >= 4 is 21.6 Å². The first kappa shape index (κ1) is 13.0. The molecule has 0 aliphatic heterocycles. The fraction of sp³-hybridized carbons (Fsp3) is 0.417. The second-order valence-corrected chi connectivity index (χ2v) is 4.97. The van der Waals surface area contributed by atoms with Crippen molar-refractivity contribution in [2.24, 2.45) is 0 Å². The normalized spacial score (nSPS) is 12.2. The van der Waals surface area contributed by atoms with Gasteiger partial charge in [0.05, 0.1) is 5.56 Å². The van der Waals surface area contributed by atoms with E-state index in [4.69, 9.17) is 5.26 Å². The van der Waals surface area contributed by atoms with Crippen molar-refractivity contribution in [1.29, 1.82) is 5.26 Å². The number of hydrogen-bond donors (Lipinski definition) is 1. The van der Waals surface area contributed by atoms with Crippen LogP contribution >= 0.6 is 15.9 Å². The molecule has 3 nitrogen and oxygen atoms in total. The fourth-order valence-corrected chi connectivity index (χ4v) is 2.04. The highest BCUT2D eigenvalue weighted by molar-refractivity contribution is 9.10. The van der Waals surface area contributed by atoms with E-state index < -0.39 is 0 Å².